The Kier molecular flexibility index (Phi) is 11.6. The lowest BCUT2D eigenvalue weighted by molar-refractivity contribution is -0.140. The quantitative estimate of drug-likeness (QED) is 0.234. The van der Waals surface area contributed by atoms with Crippen molar-refractivity contribution in [3.8, 4) is 0 Å². The number of nitrogens with zero attached hydrogens (tertiary/aromatic N) is 2. The zero-order valence-corrected chi connectivity index (χ0v) is 28.1. The van der Waals surface area contributed by atoms with E-state index in [1.165, 1.54) is 4.90 Å². The second-order valence-electron chi connectivity index (χ2n) is 11.0. The van der Waals surface area contributed by atoms with Crippen molar-refractivity contribution >= 4 is 66.7 Å². The van der Waals surface area contributed by atoms with Gasteiger partial charge >= 0.3 is 0 Å². The molecule has 1 aliphatic rings. The number of amides is 2. The van der Waals surface area contributed by atoms with Gasteiger partial charge in [0.15, 0.2) is 0 Å². The minimum absolute atomic E-state index is 0.0275. The average Bonchev–Trinajstić information content (AvgIpc) is 2.97. The maximum Gasteiger partial charge on any atom is 0.244 e. The molecule has 3 aromatic carbocycles. The van der Waals surface area contributed by atoms with E-state index >= 15 is 0 Å². The van der Waals surface area contributed by atoms with Gasteiger partial charge in [0.1, 0.15) is 12.6 Å². The maximum absolute atomic E-state index is 14.3. The summed E-state index contributed by atoms with van der Waals surface area (Å²) in [5, 5.41) is 3.88. The van der Waals surface area contributed by atoms with Crippen LogP contribution in [0.15, 0.2) is 71.2 Å². The molecule has 7 nitrogen and oxygen atoms in total. The molecule has 0 bridgehead atoms. The summed E-state index contributed by atoms with van der Waals surface area (Å²) in [5.41, 5.74) is 2.72. The topological polar surface area (TPSA) is 86.8 Å². The predicted octanol–water partition coefficient (Wildman–Crippen LogP) is 6.92. The van der Waals surface area contributed by atoms with Crippen LogP contribution >= 0.6 is 39.1 Å². The molecular weight excluding hydrogens is 673 g/mol. The number of hydrogen-bond donors (Lipinski definition) is 1. The van der Waals surface area contributed by atoms with Gasteiger partial charge in [-0.3, -0.25) is 13.9 Å². The number of hydrogen-bond acceptors (Lipinski definition) is 4. The first-order chi connectivity index (χ1) is 20.4. The van der Waals surface area contributed by atoms with Crippen LogP contribution in [0.25, 0.3) is 0 Å². The molecule has 0 aromatic heterocycles. The highest BCUT2D eigenvalue weighted by atomic mass is 79.9. The van der Waals surface area contributed by atoms with Gasteiger partial charge in [-0.25, -0.2) is 8.42 Å². The van der Waals surface area contributed by atoms with E-state index in [1.807, 2.05) is 37.3 Å². The van der Waals surface area contributed by atoms with Crippen LogP contribution in [0.2, 0.25) is 10.0 Å². The Labute approximate surface area is 272 Å². The van der Waals surface area contributed by atoms with Crippen molar-refractivity contribution in [2.45, 2.75) is 64.1 Å². The molecule has 4 rings (SSSR count). The third-order valence-electron chi connectivity index (χ3n) is 7.67. The fourth-order valence-corrected chi connectivity index (χ4v) is 6.74. The number of benzene rings is 3. The lowest BCUT2D eigenvalue weighted by atomic mass is 9.94. The van der Waals surface area contributed by atoms with Crippen LogP contribution < -0.4 is 9.62 Å². The molecule has 43 heavy (non-hydrogen) atoms. The van der Waals surface area contributed by atoms with Gasteiger partial charge in [0.05, 0.1) is 22.0 Å². The van der Waals surface area contributed by atoms with Crippen LogP contribution in [0.4, 0.5) is 5.69 Å². The van der Waals surface area contributed by atoms with Crippen molar-refractivity contribution in [3.05, 3.63) is 97.9 Å². The van der Waals surface area contributed by atoms with Gasteiger partial charge < -0.3 is 10.2 Å². The number of halogens is 3. The molecule has 1 fully saturated rings. The SMILES string of the molecule is Cc1cc(N(CC(=O)N(Cc2ccc(Cl)c(Cl)c2)C(Cc2ccccc2)C(=O)NC2CCCCC2)S(C)(=O)=O)ccc1Br. The number of carbonyl (C=O) groups is 2. The van der Waals surface area contributed by atoms with Crippen LogP contribution in [0.5, 0.6) is 0 Å². The molecule has 0 radical (unpaired) electrons. The van der Waals surface area contributed by atoms with E-state index in [1.54, 1.807) is 36.4 Å². The number of nitrogens with one attached hydrogen (secondary N) is 1. The molecule has 11 heteroatoms. The number of sulfonamides is 1. The Hall–Kier alpha value is -2.59. The standard InChI is InChI=1S/C32H36BrCl2N3O4S/c1-22-17-26(14-15-27(22)33)38(43(2,41)42)21-31(39)37(20-24-13-16-28(34)29(35)18-24)30(19-23-9-5-3-6-10-23)32(40)36-25-11-7-4-8-12-25/h3,5-6,9-10,13-18,25,30H,4,7-8,11-12,19-21H2,1-2H3,(H,36,40). The van der Waals surface area contributed by atoms with E-state index in [2.05, 4.69) is 21.2 Å². The molecule has 0 saturated heterocycles. The summed E-state index contributed by atoms with van der Waals surface area (Å²) in [5.74, 6) is -0.786. The average molecular weight is 710 g/mol. The first kappa shape index (κ1) is 33.3. The zero-order valence-electron chi connectivity index (χ0n) is 24.2. The monoisotopic (exact) mass is 707 g/mol. The number of aryl methyl sites for hydroxylation is 1. The van der Waals surface area contributed by atoms with Gasteiger partial charge in [-0.1, -0.05) is 94.8 Å². The lowest BCUT2D eigenvalue weighted by Gasteiger charge is -2.35. The fraction of sp³-hybridized carbons (Fsp3) is 0.375. The fourth-order valence-electron chi connectivity index (χ4n) is 5.33. The summed E-state index contributed by atoms with van der Waals surface area (Å²) in [7, 11) is -3.86. The molecule has 0 heterocycles. The highest BCUT2D eigenvalue weighted by Crippen LogP contribution is 2.27. The summed E-state index contributed by atoms with van der Waals surface area (Å²) in [6.45, 7) is 1.39. The van der Waals surface area contributed by atoms with Crippen molar-refractivity contribution in [1.82, 2.24) is 10.2 Å². The van der Waals surface area contributed by atoms with Crippen LogP contribution in [-0.2, 0) is 32.6 Å². The Morgan fingerprint density at radius 2 is 1.65 bits per heavy atom. The van der Waals surface area contributed by atoms with E-state index in [-0.39, 0.29) is 24.9 Å². The molecule has 3 aromatic rings. The molecular formula is C32H36BrCl2N3O4S. The zero-order chi connectivity index (χ0) is 31.1. The first-order valence-electron chi connectivity index (χ1n) is 14.2. The molecule has 1 atom stereocenters. The Morgan fingerprint density at radius 1 is 0.953 bits per heavy atom. The predicted molar refractivity (Wildman–Crippen MR) is 177 cm³/mol. The number of carbonyl (C=O) groups excluding carboxylic acids is 2. The lowest BCUT2D eigenvalue weighted by Crippen LogP contribution is -2.55. The van der Waals surface area contributed by atoms with Crippen LogP contribution in [0.3, 0.4) is 0 Å². The minimum Gasteiger partial charge on any atom is -0.352 e. The van der Waals surface area contributed by atoms with Crippen LogP contribution in [-0.4, -0.2) is 50.0 Å². The molecule has 1 aliphatic carbocycles. The van der Waals surface area contributed by atoms with E-state index in [4.69, 9.17) is 23.2 Å². The highest BCUT2D eigenvalue weighted by Gasteiger charge is 2.34. The van der Waals surface area contributed by atoms with Crippen molar-refractivity contribution in [3.63, 3.8) is 0 Å². The summed E-state index contributed by atoms with van der Waals surface area (Å²) < 4.78 is 27.9. The molecule has 0 aliphatic heterocycles. The summed E-state index contributed by atoms with van der Waals surface area (Å²) in [6.07, 6.45) is 6.30. The molecule has 1 unspecified atom stereocenters. The highest BCUT2D eigenvalue weighted by molar-refractivity contribution is 9.10. The van der Waals surface area contributed by atoms with E-state index in [0.717, 1.165) is 58.3 Å². The number of rotatable bonds is 11. The summed E-state index contributed by atoms with van der Waals surface area (Å²) >= 11 is 15.9. The van der Waals surface area contributed by atoms with Crippen molar-refractivity contribution in [1.29, 1.82) is 0 Å². The maximum atomic E-state index is 14.3. The van der Waals surface area contributed by atoms with Crippen molar-refractivity contribution in [2.75, 3.05) is 17.1 Å². The van der Waals surface area contributed by atoms with Gasteiger partial charge in [0.2, 0.25) is 21.8 Å². The third kappa shape index (κ3) is 9.20. The van der Waals surface area contributed by atoms with Crippen molar-refractivity contribution in [2.24, 2.45) is 0 Å². The van der Waals surface area contributed by atoms with Gasteiger partial charge in [0.25, 0.3) is 0 Å². The largest absolute Gasteiger partial charge is 0.352 e. The molecule has 0 spiro atoms. The first-order valence-corrected chi connectivity index (χ1v) is 17.6. The van der Waals surface area contributed by atoms with Crippen LogP contribution in [0.1, 0.15) is 48.8 Å². The Morgan fingerprint density at radius 3 is 2.28 bits per heavy atom. The second kappa shape index (κ2) is 14.9. The number of anilines is 1. The molecule has 1 saturated carbocycles. The van der Waals surface area contributed by atoms with Gasteiger partial charge in [0, 0.05) is 23.5 Å². The Balaban J connectivity index is 1.74. The smallest absolute Gasteiger partial charge is 0.244 e. The van der Waals surface area contributed by atoms with Gasteiger partial charge in [-0.05, 0) is 66.8 Å². The van der Waals surface area contributed by atoms with E-state index in [9.17, 15) is 18.0 Å². The normalized spacial score (nSPS) is 14.6. The Bertz CT molecular complexity index is 1550. The molecule has 230 valence electrons. The summed E-state index contributed by atoms with van der Waals surface area (Å²) in [6, 6.07) is 18.8. The van der Waals surface area contributed by atoms with E-state index < -0.39 is 28.5 Å². The van der Waals surface area contributed by atoms with Gasteiger partial charge in [-0.2, -0.15) is 0 Å². The summed E-state index contributed by atoms with van der Waals surface area (Å²) in [4.78, 5) is 29.8. The third-order valence-corrected chi connectivity index (χ3v) is 10.4. The van der Waals surface area contributed by atoms with Crippen molar-refractivity contribution < 1.29 is 18.0 Å². The van der Waals surface area contributed by atoms with E-state index in [0.29, 0.717) is 21.3 Å². The second-order valence-corrected chi connectivity index (χ2v) is 14.6. The molecule has 1 N–H and O–H groups in total. The minimum atomic E-state index is -3.86. The van der Waals surface area contributed by atoms with Crippen LogP contribution in [0, 0.1) is 6.92 Å². The molecule has 2 amide bonds. The van der Waals surface area contributed by atoms with Gasteiger partial charge in [-0.15, -0.1) is 0 Å².